The first-order chi connectivity index (χ1) is 9.60. The van der Waals surface area contributed by atoms with Gasteiger partial charge in [0.05, 0.1) is 18.3 Å². The van der Waals surface area contributed by atoms with Gasteiger partial charge in [0.15, 0.2) is 0 Å². The van der Waals surface area contributed by atoms with Crippen LogP contribution in [0, 0.1) is 0 Å². The van der Waals surface area contributed by atoms with Gasteiger partial charge in [-0.3, -0.25) is 14.3 Å². The van der Waals surface area contributed by atoms with Crippen LogP contribution in [-0.4, -0.2) is 42.6 Å². The van der Waals surface area contributed by atoms with E-state index in [9.17, 15) is 9.59 Å². The molecule has 2 heterocycles. The molecule has 1 aromatic rings. The lowest BCUT2D eigenvalue weighted by molar-refractivity contribution is -0.0618. The summed E-state index contributed by atoms with van der Waals surface area (Å²) in [6.07, 6.45) is 2.44. The molecular formula is C13H18N2O5. The molecule has 1 fully saturated rings. The lowest BCUT2D eigenvalue weighted by atomic mass is 10.2. The third-order valence-corrected chi connectivity index (χ3v) is 3.34. The minimum absolute atomic E-state index is 0.161. The predicted octanol–water partition coefficient (Wildman–Crippen LogP) is 0.128. The molecule has 7 heteroatoms. The van der Waals surface area contributed by atoms with Crippen LogP contribution >= 0.6 is 0 Å². The van der Waals surface area contributed by atoms with E-state index in [0.717, 1.165) is 0 Å². The van der Waals surface area contributed by atoms with Crippen LogP contribution in [0.25, 0.3) is 6.08 Å². The van der Waals surface area contributed by atoms with Gasteiger partial charge in [0.2, 0.25) is 0 Å². The normalized spacial score (nSPS) is 25.8. The van der Waals surface area contributed by atoms with Crippen molar-refractivity contribution in [3.63, 3.8) is 0 Å². The fourth-order valence-corrected chi connectivity index (χ4v) is 2.29. The maximum absolute atomic E-state index is 11.9. The molecule has 3 atom stereocenters. The average Bonchev–Trinajstić information content (AvgIpc) is 2.82. The molecule has 0 radical (unpaired) electrons. The van der Waals surface area contributed by atoms with Gasteiger partial charge in [0.1, 0.15) is 12.3 Å². The zero-order valence-corrected chi connectivity index (χ0v) is 11.5. The first-order valence-corrected chi connectivity index (χ1v) is 6.25. The van der Waals surface area contributed by atoms with Gasteiger partial charge in [-0.05, 0) is 0 Å². The Morgan fingerprint density at radius 1 is 1.55 bits per heavy atom. The summed E-state index contributed by atoms with van der Waals surface area (Å²) in [5.41, 5.74) is -0.660. The van der Waals surface area contributed by atoms with Crippen molar-refractivity contribution in [3.8, 4) is 0 Å². The van der Waals surface area contributed by atoms with Gasteiger partial charge in [0, 0.05) is 26.8 Å². The van der Waals surface area contributed by atoms with Crippen molar-refractivity contribution in [2.45, 2.75) is 24.9 Å². The Morgan fingerprint density at radius 2 is 2.30 bits per heavy atom. The highest BCUT2D eigenvalue weighted by molar-refractivity contribution is 5.43. The highest BCUT2D eigenvalue weighted by Crippen LogP contribution is 2.29. The summed E-state index contributed by atoms with van der Waals surface area (Å²) in [6.45, 7) is 3.92. The van der Waals surface area contributed by atoms with E-state index in [1.807, 2.05) is 0 Å². The topological polar surface area (TPSA) is 82.6 Å². The summed E-state index contributed by atoms with van der Waals surface area (Å²) in [6, 6.07) is 0. The third kappa shape index (κ3) is 2.74. The fraction of sp³-hybridized carbons (Fsp3) is 0.538. The number of nitrogens with one attached hydrogen (secondary N) is 1. The SMILES string of the molecule is C=Cc1cn(C2CC(OC)C(COC)O2)c(=O)[nH]c1=O. The van der Waals surface area contributed by atoms with Crippen molar-refractivity contribution < 1.29 is 14.2 Å². The molecular weight excluding hydrogens is 264 g/mol. The van der Waals surface area contributed by atoms with Crippen LogP contribution in [0.15, 0.2) is 22.4 Å². The van der Waals surface area contributed by atoms with E-state index in [1.165, 1.54) is 16.8 Å². The third-order valence-electron chi connectivity index (χ3n) is 3.34. The summed E-state index contributed by atoms with van der Waals surface area (Å²) in [5, 5.41) is 0. The molecule has 1 aliphatic rings. The Bertz CT molecular complexity index is 591. The number of aromatic amines is 1. The highest BCUT2D eigenvalue weighted by Gasteiger charge is 2.36. The second-order valence-electron chi connectivity index (χ2n) is 4.55. The number of H-pyrrole nitrogens is 1. The molecule has 0 amide bonds. The molecule has 1 aromatic heterocycles. The van der Waals surface area contributed by atoms with Gasteiger partial charge in [-0.15, -0.1) is 0 Å². The molecule has 0 saturated carbocycles. The van der Waals surface area contributed by atoms with E-state index in [2.05, 4.69) is 11.6 Å². The molecule has 20 heavy (non-hydrogen) atoms. The lowest BCUT2D eigenvalue weighted by Crippen LogP contribution is -2.33. The van der Waals surface area contributed by atoms with Crippen LogP contribution in [-0.2, 0) is 14.2 Å². The molecule has 0 bridgehead atoms. The molecule has 1 aliphatic heterocycles. The van der Waals surface area contributed by atoms with E-state index in [1.54, 1.807) is 14.2 Å². The van der Waals surface area contributed by atoms with E-state index in [4.69, 9.17) is 14.2 Å². The maximum Gasteiger partial charge on any atom is 0.330 e. The van der Waals surface area contributed by atoms with Crippen LogP contribution in [0.4, 0.5) is 0 Å². The lowest BCUT2D eigenvalue weighted by Gasteiger charge is -2.16. The van der Waals surface area contributed by atoms with E-state index >= 15 is 0 Å². The van der Waals surface area contributed by atoms with Crippen molar-refractivity contribution in [1.82, 2.24) is 9.55 Å². The quantitative estimate of drug-likeness (QED) is 0.830. The minimum atomic E-state index is -0.515. The molecule has 0 aliphatic carbocycles. The Balaban J connectivity index is 2.31. The van der Waals surface area contributed by atoms with Gasteiger partial charge < -0.3 is 14.2 Å². The Kier molecular flexibility index (Phi) is 4.53. The van der Waals surface area contributed by atoms with Crippen molar-refractivity contribution in [3.05, 3.63) is 39.2 Å². The molecule has 0 spiro atoms. The van der Waals surface area contributed by atoms with Crippen molar-refractivity contribution in [2.24, 2.45) is 0 Å². The number of hydrogen-bond donors (Lipinski definition) is 1. The number of rotatable bonds is 5. The van der Waals surface area contributed by atoms with Crippen molar-refractivity contribution >= 4 is 6.08 Å². The number of methoxy groups -OCH3 is 2. The van der Waals surface area contributed by atoms with E-state index in [-0.39, 0.29) is 12.2 Å². The number of hydrogen-bond acceptors (Lipinski definition) is 5. The molecule has 7 nitrogen and oxygen atoms in total. The number of nitrogens with zero attached hydrogens (tertiary/aromatic N) is 1. The smallest absolute Gasteiger partial charge is 0.330 e. The van der Waals surface area contributed by atoms with Crippen LogP contribution in [0.3, 0.4) is 0 Å². The molecule has 3 unspecified atom stereocenters. The fourth-order valence-electron chi connectivity index (χ4n) is 2.29. The molecule has 0 aromatic carbocycles. The number of aromatic nitrogens is 2. The molecule has 1 N–H and O–H groups in total. The second-order valence-corrected chi connectivity index (χ2v) is 4.55. The highest BCUT2D eigenvalue weighted by atomic mass is 16.6. The summed E-state index contributed by atoms with van der Waals surface area (Å²) in [7, 11) is 3.16. The van der Waals surface area contributed by atoms with E-state index < -0.39 is 17.5 Å². The first kappa shape index (κ1) is 14.7. The van der Waals surface area contributed by atoms with Crippen LogP contribution in [0.5, 0.6) is 0 Å². The van der Waals surface area contributed by atoms with Gasteiger partial charge >= 0.3 is 5.69 Å². The standard InChI is InChI=1S/C13H18N2O5/c1-4-8-6-15(13(17)14-12(8)16)11-5-9(19-3)10(20-11)7-18-2/h4,6,9-11H,1,5,7H2,2-3H3,(H,14,16,17). The Hall–Kier alpha value is -1.70. The van der Waals surface area contributed by atoms with E-state index in [0.29, 0.717) is 18.6 Å². The zero-order chi connectivity index (χ0) is 14.7. The minimum Gasteiger partial charge on any atom is -0.382 e. The summed E-state index contributed by atoms with van der Waals surface area (Å²) < 4.78 is 17.5. The van der Waals surface area contributed by atoms with Crippen LogP contribution in [0.1, 0.15) is 18.2 Å². The molecule has 2 rings (SSSR count). The Labute approximate surface area is 115 Å². The van der Waals surface area contributed by atoms with Gasteiger partial charge in [0.25, 0.3) is 5.56 Å². The van der Waals surface area contributed by atoms with Crippen molar-refractivity contribution in [2.75, 3.05) is 20.8 Å². The summed E-state index contributed by atoms with van der Waals surface area (Å²) in [4.78, 5) is 25.6. The molecule has 110 valence electrons. The monoisotopic (exact) mass is 282 g/mol. The summed E-state index contributed by atoms with van der Waals surface area (Å²) in [5.74, 6) is 0. The van der Waals surface area contributed by atoms with Crippen LogP contribution in [0.2, 0.25) is 0 Å². The summed E-state index contributed by atoms with van der Waals surface area (Å²) >= 11 is 0. The van der Waals surface area contributed by atoms with Gasteiger partial charge in [-0.1, -0.05) is 12.7 Å². The number of ether oxygens (including phenoxy) is 3. The van der Waals surface area contributed by atoms with Crippen LogP contribution < -0.4 is 11.2 Å². The second kappa shape index (κ2) is 6.17. The Morgan fingerprint density at radius 3 is 2.90 bits per heavy atom. The van der Waals surface area contributed by atoms with Gasteiger partial charge in [-0.2, -0.15) is 0 Å². The molecule has 1 saturated heterocycles. The van der Waals surface area contributed by atoms with Crippen molar-refractivity contribution in [1.29, 1.82) is 0 Å². The predicted molar refractivity (Wildman–Crippen MR) is 72.6 cm³/mol. The zero-order valence-electron chi connectivity index (χ0n) is 11.5. The van der Waals surface area contributed by atoms with Gasteiger partial charge in [-0.25, -0.2) is 4.79 Å². The maximum atomic E-state index is 11.9. The average molecular weight is 282 g/mol. The largest absolute Gasteiger partial charge is 0.382 e. The first-order valence-electron chi connectivity index (χ1n) is 6.25.